The van der Waals surface area contributed by atoms with E-state index in [1.54, 1.807) is 6.07 Å². The lowest BCUT2D eigenvalue weighted by Crippen LogP contribution is -2.27. The average Bonchev–Trinajstić information content (AvgIpc) is 3.69. The third kappa shape index (κ3) is 6.25. The van der Waals surface area contributed by atoms with Crippen molar-refractivity contribution in [3.63, 3.8) is 0 Å². The summed E-state index contributed by atoms with van der Waals surface area (Å²) in [6.45, 7) is 0.679. The van der Waals surface area contributed by atoms with Crippen LogP contribution in [-0.2, 0) is 15.9 Å². The number of aromatic nitrogens is 1. The number of hydrogen-bond donors (Lipinski definition) is 1. The van der Waals surface area contributed by atoms with Crippen molar-refractivity contribution in [1.82, 2.24) is 10.3 Å². The highest BCUT2D eigenvalue weighted by atomic mass is 16.5. The van der Waals surface area contributed by atoms with Crippen molar-refractivity contribution in [1.29, 1.82) is 0 Å². The number of hydrogen-bond acceptors (Lipinski definition) is 6. The molecule has 2 aromatic rings. The minimum absolute atomic E-state index is 0.0552. The summed E-state index contributed by atoms with van der Waals surface area (Å²) >= 11 is 0. The third-order valence-corrected chi connectivity index (χ3v) is 8.63. The predicted molar refractivity (Wildman–Crippen MR) is 139 cm³/mol. The van der Waals surface area contributed by atoms with Crippen LogP contribution in [0.5, 0.6) is 0 Å². The molecule has 3 aliphatic rings. The van der Waals surface area contributed by atoms with Gasteiger partial charge in [0.05, 0.1) is 30.8 Å². The Bertz CT molecular complexity index is 1060. The number of nitrogens with zero attached hydrogens (tertiary/aromatic N) is 1. The summed E-state index contributed by atoms with van der Waals surface area (Å²) in [7, 11) is 1.40. The lowest BCUT2D eigenvalue weighted by molar-refractivity contribution is 0.0600. The van der Waals surface area contributed by atoms with Crippen LogP contribution in [-0.4, -0.2) is 42.7 Å². The first kappa shape index (κ1) is 26.0. The van der Waals surface area contributed by atoms with E-state index >= 15 is 0 Å². The molecule has 4 atom stereocenters. The first-order valence-corrected chi connectivity index (χ1v) is 14.2. The van der Waals surface area contributed by atoms with Crippen molar-refractivity contribution < 1.29 is 23.5 Å². The predicted octanol–water partition coefficient (Wildman–Crippen LogP) is 5.84. The number of carbonyl (C=O) groups excluding carboxylic acids is 2. The van der Waals surface area contributed by atoms with E-state index in [9.17, 15) is 9.59 Å². The minimum Gasteiger partial charge on any atom is -0.465 e. The van der Waals surface area contributed by atoms with Crippen molar-refractivity contribution in [3.8, 4) is 0 Å². The molecule has 37 heavy (non-hydrogen) atoms. The van der Waals surface area contributed by atoms with E-state index in [1.807, 2.05) is 18.2 Å². The molecule has 7 heteroatoms. The number of benzene rings is 1. The van der Waals surface area contributed by atoms with Crippen molar-refractivity contribution in [2.45, 2.75) is 95.2 Å². The molecule has 1 amide bonds. The molecule has 5 rings (SSSR count). The van der Waals surface area contributed by atoms with Crippen LogP contribution >= 0.6 is 0 Å². The van der Waals surface area contributed by atoms with Gasteiger partial charge >= 0.3 is 5.97 Å². The Balaban J connectivity index is 1.13. The summed E-state index contributed by atoms with van der Waals surface area (Å²) in [5, 5.41) is 3.02. The first-order chi connectivity index (χ1) is 18.1. The number of nitrogens with one attached hydrogen (secondary N) is 1. The van der Waals surface area contributed by atoms with Gasteiger partial charge in [0.15, 0.2) is 5.69 Å². The summed E-state index contributed by atoms with van der Waals surface area (Å²) in [6, 6.07) is 7.61. The number of esters is 1. The SMILES string of the molecule is COC(=O)c1cccc(CC[C@@H]2[C@H](c3nc(C(=O)NCCCCC4CCCCC4)co3)[C@H]3CC[C@@H]2O3)c1. The fraction of sp³-hybridized carbons (Fsp3) is 0.633. The van der Waals surface area contributed by atoms with Gasteiger partial charge in [-0.3, -0.25) is 4.79 Å². The van der Waals surface area contributed by atoms with E-state index in [0.717, 1.165) is 43.6 Å². The van der Waals surface area contributed by atoms with Gasteiger partial charge in [-0.2, -0.15) is 0 Å². The largest absolute Gasteiger partial charge is 0.465 e. The number of oxazole rings is 1. The maximum Gasteiger partial charge on any atom is 0.337 e. The van der Waals surface area contributed by atoms with Crippen LogP contribution in [0.25, 0.3) is 0 Å². The third-order valence-electron chi connectivity index (χ3n) is 8.63. The number of ether oxygens (including phenoxy) is 2. The van der Waals surface area contributed by atoms with Gasteiger partial charge in [-0.05, 0) is 61.6 Å². The van der Waals surface area contributed by atoms with E-state index in [-0.39, 0.29) is 35.9 Å². The molecule has 3 heterocycles. The average molecular weight is 509 g/mol. The van der Waals surface area contributed by atoms with Gasteiger partial charge in [0.2, 0.25) is 5.89 Å². The van der Waals surface area contributed by atoms with E-state index in [4.69, 9.17) is 13.9 Å². The Labute approximate surface area is 219 Å². The number of carbonyl (C=O) groups is 2. The highest BCUT2D eigenvalue weighted by Crippen LogP contribution is 2.50. The lowest BCUT2D eigenvalue weighted by atomic mass is 9.76. The summed E-state index contributed by atoms with van der Waals surface area (Å²) in [4.78, 5) is 29.2. The molecule has 7 nitrogen and oxygen atoms in total. The first-order valence-electron chi connectivity index (χ1n) is 14.2. The topological polar surface area (TPSA) is 90.7 Å². The molecular weight excluding hydrogens is 468 g/mol. The van der Waals surface area contributed by atoms with Gasteiger partial charge in [-0.15, -0.1) is 0 Å². The fourth-order valence-electron chi connectivity index (χ4n) is 6.66. The summed E-state index contributed by atoms with van der Waals surface area (Å²) in [6.07, 6.45) is 15.9. The van der Waals surface area contributed by atoms with Crippen LogP contribution in [0.1, 0.15) is 109 Å². The molecule has 1 N–H and O–H groups in total. The van der Waals surface area contributed by atoms with Gasteiger partial charge in [0, 0.05) is 6.54 Å². The molecule has 0 radical (unpaired) electrons. The molecule has 1 saturated carbocycles. The highest BCUT2D eigenvalue weighted by molar-refractivity contribution is 5.91. The van der Waals surface area contributed by atoms with Gasteiger partial charge in [-0.1, -0.05) is 57.1 Å². The zero-order valence-corrected chi connectivity index (χ0v) is 22.0. The number of unbranched alkanes of at least 4 members (excludes halogenated alkanes) is 1. The van der Waals surface area contributed by atoms with Crippen LogP contribution in [0.2, 0.25) is 0 Å². The van der Waals surface area contributed by atoms with E-state index in [0.29, 0.717) is 23.7 Å². The molecule has 2 saturated heterocycles. The molecule has 1 aromatic carbocycles. The number of amides is 1. The number of aryl methyl sites for hydroxylation is 1. The summed E-state index contributed by atoms with van der Waals surface area (Å²) in [5.74, 6) is 1.35. The second-order valence-electron chi connectivity index (χ2n) is 11.0. The maximum absolute atomic E-state index is 12.7. The zero-order chi connectivity index (χ0) is 25.6. The Morgan fingerprint density at radius 1 is 1.05 bits per heavy atom. The number of fused-ring (bicyclic) bond motifs is 2. The number of rotatable bonds is 11. The highest BCUT2D eigenvalue weighted by Gasteiger charge is 2.51. The van der Waals surface area contributed by atoms with Crippen molar-refractivity contribution >= 4 is 11.9 Å². The Kier molecular flexibility index (Phi) is 8.59. The fourth-order valence-corrected chi connectivity index (χ4v) is 6.66. The second kappa shape index (κ2) is 12.2. The van der Waals surface area contributed by atoms with Gasteiger partial charge < -0.3 is 19.2 Å². The monoisotopic (exact) mass is 508 g/mol. The Morgan fingerprint density at radius 2 is 1.89 bits per heavy atom. The van der Waals surface area contributed by atoms with Crippen LogP contribution < -0.4 is 5.32 Å². The quantitative estimate of drug-likeness (QED) is 0.303. The smallest absolute Gasteiger partial charge is 0.337 e. The molecular formula is C30H40N2O5. The minimum atomic E-state index is -0.321. The molecule has 1 aromatic heterocycles. The lowest BCUT2D eigenvalue weighted by Gasteiger charge is -2.25. The Morgan fingerprint density at radius 3 is 2.73 bits per heavy atom. The van der Waals surface area contributed by atoms with Crippen molar-refractivity contribution in [2.75, 3.05) is 13.7 Å². The summed E-state index contributed by atoms with van der Waals surface area (Å²) < 4.78 is 17.0. The Hall–Kier alpha value is -2.67. The molecule has 200 valence electrons. The normalized spacial score (nSPS) is 25.3. The van der Waals surface area contributed by atoms with E-state index in [1.165, 1.54) is 58.3 Å². The number of methoxy groups -OCH3 is 1. The maximum atomic E-state index is 12.7. The molecule has 1 aliphatic carbocycles. The van der Waals surface area contributed by atoms with E-state index in [2.05, 4.69) is 10.3 Å². The van der Waals surface area contributed by atoms with Crippen LogP contribution in [0, 0.1) is 11.8 Å². The van der Waals surface area contributed by atoms with Gasteiger partial charge in [0.25, 0.3) is 5.91 Å². The second-order valence-corrected chi connectivity index (χ2v) is 11.0. The molecule has 0 unspecified atom stereocenters. The van der Waals surface area contributed by atoms with Crippen LogP contribution in [0.3, 0.4) is 0 Å². The van der Waals surface area contributed by atoms with Gasteiger partial charge in [0.1, 0.15) is 6.26 Å². The van der Waals surface area contributed by atoms with Crippen molar-refractivity contribution in [3.05, 3.63) is 53.2 Å². The van der Waals surface area contributed by atoms with E-state index < -0.39 is 0 Å². The van der Waals surface area contributed by atoms with Gasteiger partial charge in [-0.25, -0.2) is 9.78 Å². The molecule has 3 fully saturated rings. The summed E-state index contributed by atoms with van der Waals surface area (Å²) in [5.41, 5.74) is 2.02. The molecule has 2 aliphatic heterocycles. The molecule has 0 spiro atoms. The zero-order valence-electron chi connectivity index (χ0n) is 22.0. The standard InChI is InChI=1S/C30H40N2O5/c1-35-30(34)22-12-7-11-21(18-22)13-14-23-25-15-16-26(37-25)27(23)29-32-24(19-36-29)28(33)31-17-6-5-10-20-8-3-2-4-9-20/h7,11-12,18-20,23,25-27H,2-6,8-10,13-17H2,1H3,(H,31,33)/t23-,25-,26+,27-/m0/s1. The van der Waals surface area contributed by atoms with Crippen LogP contribution in [0.15, 0.2) is 34.9 Å². The van der Waals surface area contributed by atoms with Crippen molar-refractivity contribution in [2.24, 2.45) is 11.8 Å². The van der Waals surface area contributed by atoms with Crippen LogP contribution in [0.4, 0.5) is 0 Å². The molecule has 2 bridgehead atoms.